The summed E-state index contributed by atoms with van der Waals surface area (Å²) in [6.45, 7) is 3.66. The Bertz CT molecular complexity index is 205. The highest BCUT2D eigenvalue weighted by Crippen LogP contribution is 2.28. The van der Waals surface area contributed by atoms with Crippen molar-refractivity contribution in [3.05, 3.63) is 0 Å². The molecule has 1 rings (SSSR count). The summed E-state index contributed by atoms with van der Waals surface area (Å²) in [5.74, 6) is -0.268. The summed E-state index contributed by atoms with van der Waals surface area (Å²) in [4.78, 5) is 23.1. The SMILES string of the molecule is CC1(C(N)=O)CCN(CC=O)C1. The zero-order valence-electron chi connectivity index (χ0n) is 7.25. The molecule has 0 aromatic heterocycles. The molecule has 0 radical (unpaired) electrons. The quantitative estimate of drug-likeness (QED) is 0.574. The number of hydrogen-bond acceptors (Lipinski definition) is 3. The molecule has 4 nitrogen and oxygen atoms in total. The molecule has 0 aromatic carbocycles. The van der Waals surface area contributed by atoms with Gasteiger partial charge in [0.15, 0.2) is 0 Å². The van der Waals surface area contributed by atoms with Gasteiger partial charge in [0.05, 0.1) is 12.0 Å². The van der Waals surface area contributed by atoms with E-state index in [4.69, 9.17) is 5.73 Å². The number of carbonyl (C=O) groups is 2. The van der Waals surface area contributed by atoms with E-state index in [2.05, 4.69) is 0 Å². The fourth-order valence-electron chi connectivity index (χ4n) is 1.52. The summed E-state index contributed by atoms with van der Waals surface area (Å²) in [6.07, 6.45) is 1.61. The molecule has 1 aliphatic heterocycles. The molecule has 0 aliphatic carbocycles. The third kappa shape index (κ3) is 1.64. The van der Waals surface area contributed by atoms with E-state index < -0.39 is 5.41 Å². The number of amides is 1. The minimum atomic E-state index is -0.428. The highest BCUT2D eigenvalue weighted by molar-refractivity contribution is 5.81. The van der Waals surface area contributed by atoms with Crippen LogP contribution in [0.3, 0.4) is 0 Å². The Balaban J connectivity index is 2.54. The lowest BCUT2D eigenvalue weighted by Crippen LogP contribution is -2.37. The van der Waals surface area contributed by atoms with Crippen molar-refractivity contribution in [2.75, 3.05) is 19.6 Å². The zero-order valence-corrected chi connectivity index (χ0v) is 7.25. The van der Waals surface area contributed by atoms with Crippen LogP contribution in [0.5, 0.6) is 0 Å². The molecule has 1 aliphatic rings. The van der Waals surface area contributed by atoms with Crippen LogP contribution in [0.15, 0.2) is 0 Å². The smallest absolute Gasteiger partial charge is 0.224 e. The van der Waals surface area contributed by atoms with Gasteiger partial charge in [0.2, 0.25) is 5.91 Å². The number of carbonyl (C=O) groups excluding carboxylic acids is 2. The topological polar surface area (TPSA) is 63.4 Å². The van der Waals surface area contributed by atoms with Gasteiger partial charge in [-0.05, 0) is 19.9 Å². The highest BCUT2D eigenvalue weighted by Gasteiger charge is 2.38. The number of rotatable bonds is 3. The molecular formula is C8H14N2O2. The Labute approximate surface area is 71.7 Å². The molecule has 1 atom stereocenters. The number of likely N-dealkylation sites (tertiary alicyclic amines) is 1. The van der Waals surface area contributed by atoms with Crippen LogP contribution in [0.4, 0.5) is 0 Å². The Morgan fingerprint density at radius 1 is 1.75 bits per heavy atom. The van der Waals surface area contributed by atoms with Crippen LogP contribution in [0.25, 0.3) is 0 Å². The van der Waals surface area contributed by atoms with Crippen LogP contribution >= 0.6 is 0 Å². The van der Waals surface area contributed by atoms with E-state index >= 15 is 0 Å². The lowest BCUT2D eigenvalue weighted by molar-refractivity contribution is -0.126. The molecule has 1 unspecified atom stereocenters. The normalized spacial score (nSPS) is 30.4. The fraction of sp³-hybridized carbons (Fsp3) is 0.750. The lowest BCUT2D eigenvalue weighted by Gasteiger charge is -2.19. The first kappa shape index (κ1) is 9.19. The second-order valence-corrected chi connectivity index (χ2v) is 3.58. The summed E-state index contributed by atoms with van der Waals surface area (Å²) in [5.41, 5.74) is 4.81. The number of hydrogen-bond donors (Lipinski definition) is 1. The Morgan fingerprint density at radius 2 is 2.42 bits per heavy atom. The van der Waals surface area contributed by atoms with Crippen molar-refractivity contribution < 1.29 is 9.59 Å². The van der Waals surface area contributed by atoms with Crippen LogP contribution in [0, 0.1) is 5.41 Å². The average Bonchev–Trinajstić information content (AvgIpc) is 2.34. The summed E-state index contributed by atoms with van der Waals surface area (Å²) < 4.78 is 0. The molecule has 1 amide bonds. The molecule has 0 aromatic rings. The van der Waals surface area contributed by atoms with Crippen molar-refractivity contribution in [3.63, 3.8) is 0 Å². The minimum absolute atomic E-state index is 0.268. The van der Waals surface area contributed by atoms with Gasteiger partial charge in [-0.15, -0.1) is 0 Å². The van der Waals surface area contributed by atoms with E-state index in [-0.39, 0.29) is 5.91 Å². The summed E-state index contributed by atoms with van der Waals surface area (Å²) in [5, 5.41) is 0. The van der Waals surface area contributed by atoms with E-state index in [0.29, 0.717) is 13.1 Å². The van der Waals surface area contributed by atoms with Crippen LogP contribution in [-0.2, 0) is 9.59 Å². The summed E-state index contributed by atoms with van der Waals surface area (Å²) in [7, 11) is 0. The van der Waals surface area contributed by atoms with E-state index in [1.165, 1.54) is 0 Å². The molecule has 1 heterocycles. The first-order valence-electron chi connectivity index (χ1n) is 4.04. The van der Waals surface area contributed by atoms with E-state index in [9.17, 15) is 9.59 Å². The van der Waals surface area contributed by atoms with E-state index in [0.717, 1.165) is 19.3 Å². The lowest BCUT2D eigenvalue weighted by atomic mass is 9.89. The standard InChI is InChI=1S/C8H14N2O2/c1-8(7(9)12)2-3-10(6-8)4-5-11/h5H,2-4,6H2,1H3,(H2,9,12). The van der Waals surface area contributed by atoms with Crippen molar-refractivity contribution in [3.8, 4) is 0 Å². The Hall–Kier alpha value is -0.900. The van der Waals surface area contributed by atoms with Crippen molar-refractivity contribution >= 4 is 12.2 Å². The van der Waals surface area contributed by atoms with Gasteiger partial charge in [0.1, 0.15) is 6.29 Å². The second kappa shape index (κ2) is 3.23. The first-order chi connectivity index (χ1) is 5.58. The molecule has 12 heavy (non-hydrogen) atoms. The highest BCUT2D eigenvalue weighted by atomic mass is 16.1. The average molecular weight is 170 g/mol. The van der Waals surface area contributed by atoms with Crippen molar-refractivity contribution in [1.29, 1.82) is 0 Å². The van der Waals surface area contributed by atoms with E-state index in [1.54, 1.807) is 0 Å². The summed E-state index contributed by atoms with van der Waals surface area (Å²) in [6, 6.07) is 0. The Morgan fingerprint density at radius 3 is 2.83 bits per heavy atom. The van der Waals surface area contributed by atoms with E-state index in [1.807, 2.05) is 11.8 Å². The predicted octanol–water partition coefficient (Wildman–Crippen LogP) is -0.617. The monoisotopic (exact) mass is 170 g/mol. The fourth-order valence-corrected chi connectivity index (χ4v) is 1.52. The zero-order chi connectivity index (χ0) is 9.19. The van der Waals surface area contributed by atoms with Gasteiger partial charge in [-0.25, -0.2) is 0 Å². The maximum Gasteiger partial charge on any atom is 0.224 e. The summed E-state index contributed by atoms with van der Waals surface area (Å²) >= 11 is 0. The molecule has 0 saturated carbocycles. The minimum Gasteiger partial charge on any atom is -0.369 e. The van der Waals surface area contributed by atoms with Gasteiger partial charge in [-0.2, -0.15) is 0 Å². The largest absolute Gasteiger partial charge is 0.369 e. The van der Waals surface area contributed by atoms with Crippen molar-refractivity contribution in [1.82, 2.24) is 4.90 Å². The van der Waals surface area contributed by atoms with Gasteiger partial charge >= 0.3 is 0 Å². The molecular weight excluding hydrogens is 156 g/mol. The number of aldehydes is 1. The molecule has 0 bridgehead atoms. The maximum atomic E-state index is 11.0. The van der Waals surface area contributed by atoms with Gasteiger partial charge in [-0.3, -0.25) is 9.69 Å². The number of nitrogens with zero attached hydrogens (tertiary/aromatic N) is 1. The Kier molecular flexibility index (Phi) is 2.47. The molecule has 0 spiro atoms. The van der Waals surface area contributed by atoms with Crippen LogP contribution in [0.2, 0.25) is 0 Å². The van der Waals surface area contributed by atoms with Crippen LogP contribution in [0.1, 0.15) is 13.3 Å². The van der Waals surface area contributed by atoms with Gasteiger partial charge in [0, 0.05) is 6.54 Å². The van der Waals surface area contributed by atoms with Gasteiger partial charge in [-0.1, -0.05) is 0 Å². The van der Waals surface area contributed by atoms with Crippen LogP contribution in [-0.4, -0.2) is 36.7 Å². The first-order valence-corrected chi connectivity index (χ1v) is 4.04. The molecule has 1 fully saturated rings. The number of nitrogens with two attached hydrogens (primary N) is 1. The van der Waals surface area contributed by atoms with Crippen molar-refractivity contribution in [2.24, 2.45) is 11.1 Å². The number of primary amides is 1. The second-order valence-electron chi connectivity index (χ2n) is 3.58. The molecule has 68 valence electrons. The van der Waals surface area contributed by atoms with Gasteiger partial charge in [0.25, 0.3) is 0 Å². The van der Waals surface area contributed by atoms with Crippen molar-refractivity contribution in [2.45, 2.75) is 13.3 Å². The molecule has 2 N–H and O–H groups in total. The van der Waals surface area contributed by atoms with Crippen LogP contribution < -0.4 is 5.73 Å². The van der Waals surface area contributed by atoms with Gasteiger partial charge < -0.3 is 10.5 Å². The maximum absolute atomic E-state index is 11.0. The molecule has 1 saturated heterocycles. The third-order valence-electron chi connectivity index (χ3n) is 2.48. The third-order valence-corrected chi connectivity index (χ3v) is 2.48. The predicted molar refractivity (Wildman–Crippen MR) is 44.4 cm³/mol. The molecule has 4 heteroatoms.